The first-order valence-electron chi connectivity index (χ1n) is 9.61. The Morgan fingerprint density at radius 3 is 2.55 bits per heavy atom. The minimum atomic E-state index is -3.35. The highest BCUT2D eigenvalue weighted by Gasteiger charge is 2.19. The third-order valence-corrected chi connectivity index (χ3v) is 7.05. The van der Waals surface area contributed by atoms with Gasteiger partial charge in [-0.2, -0.15) is 0 Å². The van der Waals surface area contributed by atoms with Crippen molar-refractivity contribution < 1.29 is 13.2 Å². The first-order valence-corrected chi connectivity index (χ1v) is 11.2. The van der Waals surface area contributed by atoms with Crippen LogP contribution < -0.4 is 11.1 Å². The molecule has 9 heteroatoms. The van der Waals surface area contributed by atoms with Crippen molar-refractivity contribution in [2.45, 2.75) is 24.0 Å². The number of amides is 1. The minimum Gasteiger partial charge on any atom is -0.399 e. The lowest BCUT2D eigenvalue weighted by Gasteiger charge is -2.09. The minimum absolute atomic E-state index is 0.261. The molecule has 0 radical (unpaired) electrons. The van der Waals surface area contributed by atoms with Crippen LogP contribution in [0.1, 0.15) is 24.2 Å². The maximum atomic E-state index is 12.6. The van der Waals surface area contributed by atoms with Crippen LogP contribution in [-0.4, -0.2) is 34.5 Å². The van der Waals surface area contributed by atoms with Crippen molar-refractivity contribution in [3.8, 4) is 11.3 Å². The lowest BCUT2D eigenvalue weighted by molar-refractivity contribution is 0.102. The van der Waals surface area contributed by atoms with E-state index >= 15 is 0 Å². The number of benzene rings is 2. The van der Waals surface area contributed by atoms with Crippen LogP contribution in [0.5, 0.6) is 0 Å². The molecule has 0 aliphatic rings. The van der Waals surface area contributed by atoms with Gasteiger partial charge in [-0.25, -0.2) is 18.4 Å². The summed E-state index contributed by atoms with van der Waals surface area (Å²) in [5, 5.41) is 2.32. The SMILES string of the molecule is CC(C)S(=O)(=O)c1ccc(-c2cnc3[nH]cc(NC(=O)c4cccc(N)c4)c3n2)cc1. The fourth-order valence-electron chi connectivity index (χ4n) is 3.09. The predicted octanol–water partition coefficient (Wildman–Crippen LogP) is 3.64. The van der Waals surface area contributed by atoms with Crippen LogP contribution in [0.2, 0.25) is 0 Å². The number of aromatic amines is 1. The summed E-state index contributed by atoms with van der Waals surface area (Å²) in [7, 11) is -3.35. The van der Waals surface area contributed by atoms with Crippen molar-refractivity contribution >= 4 is 38.3 Å². The van der Waals surface area contributed by atoms with Crippen LogP contribution in [0.4, 0.5) is 11.4 Å². The largest absolute Gasteiger partial charge is 0.399 e. The van der Waals surface area contributed by atoms with E-state index in [1.54, 1.807) is 74.8 Å². The number of carbonyl (C=O) groups excluding carboxylic acids is 1. The molecule has 4 N–H and O–H groups in total. The van der Waals surface area contributed by atoms with E-state index in [2.05, 4.69) is 20.3 Å². The second-order valence-corrected chi connectivity index (χ2v) is 9.86. The van der Waals surface area contributed by atoms with Crippen LogP contribution in [-0.2, 0) is 9.84 Å². The zero-order valence-electron chi connectivity index (χ0n) is 17.0. The van der Waals surface area contributed by atoms with E-state index in [1.807, 2.05) is 0 Å². The third kappa shape index (κ3) is 3.99. The molecule has 1 amide bonds. The standard InChI is InChI=1S/C22H21N5O3S/c1-13(2)31(29,30)17-8-6-14(7-9-17)18-11-24-21-20(26-18)19(12-25-21)27-22(28)15-4-3-5-16(23)10-15/h3-13H,23H2,1-2H3,(H,24,25)(H,27,28). The van der Waals surface area contributed by atoms with E-state index < -0.39 is 15.1 Å². The van der Waals surface area contributed by atoms with Gasteiger partial charge in [-0.15, -0.1) is 0 Å². The van der Waals surface area contributed by atoms with Crippen LogP contribution in [0.15, 0.2) is 65.8 Å². The van der Waals surface area contributed by atoms with Gasteiger partial charge in [-0.1, -0.05) is 18.2 Å². The second kappa shape index (κ2) is 7.84. The molecule has 2 heterocycles. The van der Waals surface area contributed by atoms with Gasteiger partial charge in [-0.05, 0) is 44.2 Å². The van der Waals surface area contributed by atoms with E-state index in [-0.39, 0.29) is 10.8 Å². The summed E-state index contributed by atoms with van der Waals surface area (Å²) in [6.07, 6.45) is 3.21. The molecule has 4 rings (SSSR count). The van der Waals surface area contributed by atoms with Gasteiger partial charge in [-0.3, -0.25) is 4.79 Å². The first kappa shape index (κ1) is 20.5. The number of hydrogen-bond acceptors (Lipinski definition) is 6. The Bertz CT molecular complexity index is 1380. The summed E-state index contributed by atoms with van der Waals surface area (Å²) in [5.74, 6) is -0.316. The highest BCUT2D eigenvalue weighted by molar-refractivity contribution is 7.92. The molecule has 0 unspecified atom stereocenters. The number of nitrogens with one attached hydrogen (secondary N) is 2. The van der Waals surface area contributed by atoms with Gasteiger partial charge in [0, 0.05) is 23.0 Å². The second-order valence-electron chi connectivity index (χ2n) is 7.35. The molecule has 0 aliphatic heterocycles. The molecular weight excluding hydrogens is 414 g/mol. The summed E-state index contributed by atoms with van der Waals surface area (Å²) in [4.78, 5) is 24.8. The fraction of sp³-hybridized carbons (Fsp3) is 0.136. The van der Waals surface area contributed by atoms with E-state index in [4.69, 9.17) is 5.73 Å². The number of sulfone groups is 1. The normalized spacial score (nSPS) is 11.7. The molecule has 0 fully saturated rings. The van der Waals surface area contributed by atoms with E-state index in [0.717, 1.165) is 0 Å². The number of fused-ring (bicyclic) bond motifs is 1. The van der Waals surface area contributed by atoms with Crippen molar-refractivity contribution in [2.24, 2.45) is 0 Å². The number of H-pyrrole nitrogens is 1. The smallest absolute Gasteiger partial charge is 0.255 e. The monoisotopic (exact) mass is 435 g/mol. The van der Waals surface area contributed by atoms with Crippen molar-refractivity contribution in [2.75, 3.05) is 11.1 Å². The average molecular weight is 436 g/mol. The van der Waals surface area contributed by atoms with Crippen molar-refractivity contribution in [1.29, 1.82) is 0 Å². The number of nitrogens with two attached hydrogens (primary N) is 1. The quantitative estimate of drug-likeness (QED) is 0.410. The van der Waals surface area contributed by atoms with Gasteiger partial charge in [0.25, 0.3) is 5.91 Å². The maximum absolute atomic E-state index is 12.6. The molecule has 2 aromatic heterocycles. The molecule has 31 heavy (non-hydrogen) atoms. The van der Waals surface area contributed by atoms with Crippen LogP contribution in [0.3, 0.4) is 0 Å². The summed E-state index contributed by atoms with van der Waals surface area (Å²) < 4.78 is 24.7. The molecule has 158 valence electrons. The highest BCUT2D eigenvalue weighted by Crippen LogP contribution is 2.26. The Balaban J connectivity index is 1.65. The Morgan fingerprint density at radius 1 is 1.13 bits per heavy atom. The van der Waals surface area contributed by atoms with E-state index in [9.17, 15) is 13.2 Å². The number of hydrogen-bond donors (Lipinski definition) is 3. The summed E-state index contributed by atoms with van der Waals surface area (Å²) >= 11 is 0. The van der Waals surface area contributed by atoms with E-state index in [0.29, 0.717) is 39.4 Å². The summed E-state index contributed by atoms with van der Waals surface area (Å²) in [6, 6.07) is 13.2. The molecule has 0 atom stereocenters. The number of anilines is 2. The van der Waals surface area contributed by atoms with Gasteiger partial charge in [0.05, 0.1) is 27.7 Å². The van der Waals surface area contributed by atoms with Crippen LogP contribution in [0, 0.1) is 0 Å². The highest BCUT2D eigenvalue weighted by atomic mass is 32.2. The van der Waals surface area contributed by atoms with Crippen molar-refractivity contribution in [1.82, 2.24) is 15.0 Å². The van der Waals surface area contributed by atoms with Gasteiger partial charge < -0.3 is 16.0 Å². The number of nitrogen functional groups attached to an aromatic ring is 1. The van der Waals surface area contributed by atoms with Crippen molar-refractivity contribution in [3.05, 3.63) is 66.5 Å². The molecule has 0 bridgehead atoms. The molecule has 2 aromatic carbocycles. The summed E-state index contributed by atoms with van der Waals surface area (Å²) in [5.41, 5.74) is 9.45. The number of nitrogens with zero attached hydrogens (tertiary/aromatic N) is 2. The predicted molar refractivity (Wildman–Crippen MR) is 120 cm³/mol. The maximum Gasteiger partial charge on any atom is 0.255 e. The molecule has 4 aromatic rings. The lowest BCUT2D eigenvalue weighted by Crippen LogP contribution is -2.13. The van der Waals surface area contributed by atoms with Crippen LogP contribution in [0.25, 0.3) is 22.4 Å². The number of aromatic nitrogens is 3. The summed E-state index contributed by atoms with van der Waals surface area (Å²) in [6.45, 7) is 3.29. The molecule has 0 saturated carbocycles. The Labute approximate surface area is 179 Å². The molecule has 8 nitrogen and oxygen atoms in total. The van der Waals surface area contributed by atoms with Gasteiger partial charge in [0.1, 0.15) is 5.52 Å². The number of rotatable bonds is 5. The topological polar surface area (TPSA) is 131 Å². The first-order chi connectivity index (χ1) is 14.8. The molecule has 0 aliphatic carbocycles. The number of carbonyl (C=O) groups is 1. The zero-order chi connectivity index (χ0) is 22.2. The lowest BCUT2D eigenvalue weighted by atomic mass is 10.1. The van der Waals surface area contributed by atoms with Gasteiger partial charge >= 0.3 is 0 Å². The Hall–Kier alpha value is -3.72. The fourth-order valence-corrected chi connectivity index (χ4v) is 4.15. The van der Waals surface area contributed by atoms with Crippen LogP contribution >= 0.6 is 0 Å². The zero-order valence-corrected chi connectivity index (χ0v) is 17.8. The van der Waals surface area contributed by atoms with Gasteiger partial charge in [0.2, 0.25) is 0 Å². The Morgan fingerprint density at radius 2 is 1.87 bits per heavy atom. The van der Waals surface area contributed by atoms with Crippen molar-refractivity contribution in [3.63, 3.8) is 0 Å². The van der Waals surface area contributed by atoms with Gasteiger partial charge in [0.15, 0.2) is 15.5 Å². The molecular formula is C22H21N5O3S. The Kier molecular flexibility index (Phi) is 5.20. The molecule has 0 spiro atoms. The average Bonchev–Trinajstić information content (AvgIpc) is 3.15. The third-order valence-electron chi connectivity index (χ3n) is 4.88. The van der Waals surface area contributed by atoms with E-state index in [1.165, 1.54) is 0 Å². The molecule has 0 saturated heterocycles.